The number of aliphatic hydroxyl groups is 1. The first-order valence-electron chi connectivity index (χ1n) is 10.8. The highest BCUT2D eigenvalue weighted by molar-refractivity contribution is 4.81. The molecule has 9 heteroatoms. The second kappa shape index (κ2) is 17.2. The Morgan fingerprint density at radius 2 is 1.16 bits per heavy atom. The molecule has 0 aromatic rings. The van der Waals surface area contributed by atoms with Crippen LogP contribution in [0.15, 0.2) is 0 Å². The van der Waals surface area contributed by atoms with Crippen LogP contribution < -0.4 is 0 Å². The molecule has 0 spiro atoms. The number of hydrogen-bond donors (Lipinski definition) is 1. The van der Waals surface area contributed by atoms with Crippen LogP contribution in [0, 0.1) is 11.8 Å². The van der Waals surface area contributed by atoms with Crippen LogP contribution in [-0.4, -0.2) is 110 Å². The zero-order chi connectivity index (χ0) is 24.0. The molecule has 9 nitrogen and oxygen atoms in total. The van der Waals surface area contributed by atoms with Crippen LogP contribution in [0.1, 0.15) is 27.7 Å². The van der Waals surface area contributed by atoms with Crippen molar-refractivity contribution in [2.45, 2.75) is 70.6 Å². The lowest BCUT2D eigenvalue weighted by Gasteiger charge is -2.35. The molecule has 0 radical (unpaired) electrons. The number of hydrogen-bond acceptors (Lipinski definition) is 9. The molecule has 0 aromatic carbocycles. The summed E-state index contributed by atoms with van der Waals surface area (Å²) in [6, 6.07) is 0. The van der Waals surface area contributed by atoms with Gasteiger partial charge in [-0.2, -0.15) is 0 Å². The fraction of sp³-hybridized carbons (Fsp3) is 1.00. The minimum absolute atomic E-state index is 0.0668. The Labute approximate surface area is 188 Å². The maximum atomic E-state index is 10.7. The van der Waals surface area contributed by atoms with Gasteiger partial charge in [-0.3, -0.25) is 0 Å². The maximum absolute atomic E-state index is 10.7. The lowest BCUT2D eigenvalue weighted by atomic mass is 9.88. The zero-order valence-corrected chi connectivity index (χ0v) is 21.0. The highest BCUT2D eigenvalue weighted by Gasteiger charge is 2.36. The molecule has 0 saturated heterocycles. The van der Waals surface area contributed by atoms with E-state index in [9.17, 15) is 5.11 Å². The van der Waals surface area contributed by atoms with Crippen LogP contribution in [-0.2, 0) is 37.9 Å². The third-order valence-corrected chi connectivity index (χ3v) is 5.78. The van der Waals surface area contributed by atoms with Crippen molar-refractivity contribution in [2.24, 2.45) is 11.8 Å². The summed E-state index contributed by atoms with van der Waals surface area (Å²) in [5, 5.41) is 10.7. The Bertz CT molecular complexity index is 426. The van der Waals surface area contributed by atoms with Gasteiger partial charge in [-0.05, 0) is 25.7 Å². The minimum Gasteiger partial charge on any atom is -0.384 e. The predicted octanol–water partition coefficient (Wildman–Crippen LogP) is 1.74. The Balaban J connectivity index is 5.06. The lowest BCUT2D eigenvalue weighted by Crippen LogP contribution is -2.48. The van der Waals surface area contributed by atoms with E-state index >= 15 is 0 Å². The molecular formula is C22H46O9. The molecule has 0 heterocycles. The number of rotatable bonds is 19. The van der Waals surface area contributed by atoms with Gasteiger partial charge in [-0.25, -0.2) is 0 Å². The van der Waals surface area contributed by atoms with Crippen molar-refractivity contribution in [3.05, 3.63) is 0 Å². The summed E-state index contributed by atoms with van der Waals surface area (Å²) >= 11 is 0. The molecule has 0 aliphatic heterocycles. The van der Waals surface area contributed by atoms with E-state index in [0.29, 0.717) is 13.2 Å². The van der Waals surface area contributed by atoms with E-state index in [1.165, 1.54) is 7.11 Å². The normalized spacial score (nSPS) is 21.0. The lowest BCUT2D eigenvalue weighted by molar-refractivity contribution is -0.229. The van der Waals surface area contributed by atoms with E-state index < -0.39 is 18.5 Å². The first-order chi connectivity index (χ1) is 14.7. The predicted molar refractivity (Wildman–Crippen MR) is 117 cm³/mol. The van der Waals surface area contributed by atoms with E-state index in [2.05, 4.69) is 6.92 Å². The molecule has 0 aliphatic carbocycles. The van der Waals surface area contributed by atoms with E-state index in [1.54, 1.807) is 35.5 Å². The van der Waals surface area contributed by atoms with Gasteiger partial charge in [0.05, 0.1) is 31.5 Å². The average molecular weight is 455 g/mol. The van der Waals surface area contributed by atoms with Crippen LogP contribution in [0.2, 0.25) is 0 Å². The first-order valence-corrected chi connectivity index (χ1v) is 10.8. The molecule has 0 aromatic heterocycles. The van der Waals surface area contributed by atoms with Crippen molar-refractivity contribution in [3.63, 3.8) is 0 Å². The standard InChI is InChI=1S/C22H46O9/c1-14(11-24-5)15(2)19(27-8)21(29-10)22(23)30-13-18(12-25-6)31-17(4)20(28-9)16(3)26-7/h14-23H,11-13H2,1-10H3/t14?,15-,16?,17?,18?,19?,20?,21?,22-/m0/s1. The topological polar surface area (TPSA) is 94.1 Å². The van der Waals surface area contributed by atoms with Crippen molar-refractivity contribution in [1.82, 2.24) is 0 Å². The number of ether oxygens (including phenoxy) is 8. The molecule has 0 bridgehead atoms. The Hall–Kier alpha value is -0.360. The highest BCUT2D eigenvalue weighted by atomic mass is 16.7. The van der Waals surface area contributed by atoms with Crippen molar-refractivity contribution in [1.29, 1.82) is 0 Å². The van der Waals surface area contributed by atoms with Crippen molar-refractivity contribution < 1.29 is 43.0 Å². The van der Waals surface area contributed by atoms with Crippen molar-refractivity contribution in [3.8, 4) is 0 Å². The van der Waals surface area contributed by atoms with Gasteiger partial charge in [0.2, 0.25) is 0 Å². The van der Waals surface area contributed by atoms with E-state index in [0.717, 1.165) is 0 Å². The molecule has 1 N–H and O–H groups in total. The van der Waals surface area contributed by atoms with Crippen LogP contribution in [0.25, 0.3) is 0 Å². The summed E-state index contributed by atoms with van der Waals surface area (Å²) in [6.45, 7) is 8.90. The van der Waals surface area contributed by atoms with Crippen LogP contribution in [0.4, 0.5) is 0 Å². The Kier molecular flexibility index (Phi) is 17.0. The quantitative estimate of drug-likeness (QED) is 0.293. The molecule has 9 atom stereocenters. The Morgan fingerprint density at radius 3 is 1.61 bits per heavy atom. The van der Waals surface area contributed by atoms with Gasteiger partial charge < -0.3 is 43.0 Å². The largest absolute Gasteiger partial charge is 0.384 e. The van der Waals surface area contributed by atoms with Crippen LogP contribution >= 0.6 is 0 Å². The van der Waals surface area contributed by atoms with Crippen molar-refractivity contribution in [2.75, 3.05) is 62.5 Å². The third-order valence-electron chi connectivity index (χ3n) is 5.78. The average Bonchev–Trinajstić information content (AvgIpc) is 2.75. The van der Waals surface area contributed by atoms with Crippen LogP contribution in [0.5, 0.6) is 0 Å². The fourth-order valence-electron chi connectivity index (χ4n) is 3.69. The van der Waals surface area contributed by atoms with E-state index in [4.69, 9.17) is 37.9 Å². The molecule has 0 amide bonds. The summed E-state index contributed by atoms with van der Waals surface area (Å²) < 4.78 is 44.4. The minimum atomic E-state index is -1.21. The van der Waals surface area contributed by atoms with Crippen LogP contribution in [0.3, 0.4) is 0 Å². The molecule has 31 heavy (non-hydrogen) atoms. The van der Waals surface area contributed by atoms with E-state index in [1.807, 2.05) is 20.8 Å². The summed E-state index contributed by atoms with van der Waals surface area (Å²) in [5.74, 6) is 0.274. The number of aliphatic hydroxyl groups excluding tert-OH is 1. The van der Waals surface area contributed by atoms with Gasteiger partial charge >= 0.3 is 0 Å². The second-order valence-electron chi connectivity index (χ2n) is 7.98. The number of methoxy groups -OCH3 is 6. The molecule has 188 valence electrons. The Morgan fingerprint density at radius 1 is 0.613 bits per heavy atom. The first kappa shape index (κ1) is 30.6. The fourth-order valence-corrected chi connectivity index (χ4v) is 3.69. The van der Waals surface area contributed by atoms with Gasteiger partial charge in [-0.15, -0.1) is 0 Å². The van der Waals surface area contributed by atoms with Gasteiger partial charge in [-0.1, -0.05) is 13.8 Å². The van der Waals surface area contributed by atoms with Crippen molar-refractivity contribution >= 4 is 0 Å². The molecule has 0 fully saturated rings. The van der Waals surface area contributed by atoms with E-state index in [-0.39, 0.29) is 42.9 Å². The molecule has 0 aliphatic rings. The highest BCUT2D eigenvalue weighted by Crippen LogP contribution is 2.24. The molecular weight excluding hydrogens is 408 g/mol. The summed E-state index contributed by atoms with van der Waals surface area (Å²) in [6.07, 6.45) is -3.37. The van der Waals surface area contributed by atoms with Gasteiger partial charge in [0.15, 0.2) is 6.29 Å². The smallest absolute Gasteiger partial charge is 0.183 e. The SMILES string of the molecule is COCC(CO[C@H](O)C(OC)C(OC)[C@@H](C)C(C)COC)OC(C)C(OC)C(C)OC. The van der Waals surface area contributed by atoms with Gasteiger partial charge in [0.1, 0.15) is 18.3 Å². The monoisotopic (exact) mass is 454 g/mol. The summed E-state index contributed by atoms with van der Waals surface area (Å²) in [5.41, 5.74) is 0. The molecule has 7 unspecified atom stereocenters. The van der Waals surface area contributed by atoms with Gasteiger partial charge in [0.25, 0.3) is 0 Å². The zero-order valence-electron chi connectivity index (χ0n) is 21.0. The maximum Gasteiger partial charge on any atom is 0.183 e. The second-order valence-corrected chi connectivity index (χ2v) is 7.98. The summed E-state index contributed by atoms with van der Waals surface area (Å²) in [4.78, 5) is 0. The molecule has 0 saturated carbocycles. The molecule has 0 rings (SSSR count). The third kappa shape index (κ3) is 10.4. The van der Waals surface area contributed by atoms with Gasteiger partial charge in [0, 0.05) is 49.3 Å². The summed E-state index contributed by atoms with van der Waals surface area (Å²) in [7, 11) is 9.61.